The molecule has 0 saturated heterocycles. The first-order chi connectivity index (χ1) is 12.5. The van der Waals surface area contributed by atoms with Crippen LogP contribution in [0.4, 0.5) is 5.69 Å². The summed E-state index contributed by atoms with van der Waals surface area (Å²) >= 11 is 0. The van der Waals surface area contributed by atoms with E-state index in [1.54, 1.807) is 18.2 Å². The maximum Gasteiger partial charge on any atom is 0.274 e. The SMILES string of the molecule is Cc1ccc(NC(=O)c2cccc(C(=O)NC3CCCCC3)n2)cc1C. The smallest absolute Gasteiger partial charge is 0.274 e. The third-order valence-corrected chi connectivity index (χ3v) is 4.92. The fraction of sp³-hybridized carbons (Fsp3) is 0.381. The van der Waals surface area contributed by atoms with Crippen molar-refractivity contribution in [1.82, 2.24) is 10.3 Å². The number of anilines is 1. The molecule has 1 heterocycles. The zero-order valence-corrected chi connectivity index (χ0v) is 15.3. The lowest BCUT2D eigenvalue weighted by atomic mass is 9.95. The van der Waals surface area contributed by atoms with Crippen LogP contribution in [-0.2, 0) is 0 Å². The normalized spacial score (nSPS) is 14.7. The molecule has 0 radical (unpaired) electrons. The Hall–Kier alpha value is -2.69. The zero-order valence-electron chi connectivity index (χ0n) is 15.3. The molecule has 5 nitrogen and oxygen atoms in total. The van der Waals surface area contributed by atoms with Crippen LogP contribution in [0.5, 0.6) is 0 Å². The van der Waals surface area contributed by atoms with Crippen LogP contribution in [0, 0.1) is 13.8 Å². The highest BCUT2D eigenvalue weighted by molar-refractivity contribution is 6.03. The molecular formula is C21H25N3O2. The van der Waals surface area contributed by atoms with E-state index < -0.39 is 0 Å². The lowest BCUT2D eigenvalue weighted by molar-refractivity contribution is 0.0922. The molecule has 0 atom stereocenters. The number of amides is 2. The van der Waals surface area contributed by atoms with Crippen molar-refractivity contribution in [2.45, 2.75) is 52.0 Å². The van der Waals surface area contributed by atoms with Crippen molar-refractivity contribution in [3.05, 3.63) is 58.9 Å². The van der Waals surface area contributed by atoms with E-state index in [1.165, 1.54) is 12.0 Å². The topological polar surface area (TPSA) is 71.1 Å². The van der Waals surface area contributed by atoms with E-state index in [0.29, 0.717) is 0 Å². The summed E-state index contributed by atoms with van der Waals surface area (Å²) in [6.07, 6.45) is 5.56. The van der Waals surface area contributed by atoms with Crippen LogP contribution in [0.1, 0.15) is 64.2 Å². The van der Waals surface area contributed by atoms with Crippen molar-refractivity contribution in [3.63, 3.8) is 0 Å². The van der Waals surface area contributed by atoms with Gasteiger partial charge in [0, 0.05) is 11.7 Å². The van der Waals surface area contributed by atoms with Crippen molar-refractivity contribution in [2.24, 2.45) is 0 Å². The number of carbonyl (C=O) groups is 2. The molecule has 0 unspecified atom stereocenters. The molecule has 1 aliphatic rings. The van der Waals surface area contributed by atoms with Gasteiger partial charge in [-0.2, -0.15) is 0 Å². The molecule has 2 N–H and O–H groups in total. The van der Waals surface area contributed by atoms with Crippen LogP contribution in [0.2, 0.25) is 0 Å². The minimum Gasteiger partial charge on any atom is -0.348 e. The standard InChI is InChI=1S/C21H25N3O2/c1-14-11-12-17(13-15(14)2)23-21(26)19-10-6-9-18(24-19)20(25)22-16-7-4-3-5-8-16/h6,9-13,16H,3-5,7-8H2,1-2H3,(H,22,25)(H,23,26). The van der Waals surface area contributed by atoms with Crippen molar-refractivity contribution < 1.29 is 9.59 Å². The van der Waals surface area contributed by atoms with Crippen LogP contribution >= 0.6 is 0 Å². The van der Waals surface area contributed by atoms with Gasteiger partial charge in [-0.1, -0.05) is 31.4 Å². The number of benzene rings is 1. The summed E-state index contributed by atoms with van der Waals surface area (Å²) in [5.41, 5.74) is 3.51. The summed E-state index contributed by atoms with van der Waals surface area (Å²) < 4.78 is 0. The first-order valence-corrected chi connectivity index (χ1v) is 9.19. The van der Waals surface area contributed by atoms with Crippen molar-refractivity contribution in [3.8, 4) is 0 Å². The molecule has 26 heavy (non-hydrogen) atoms. The molecule has 1 aliphatic carbocycles. The molecule has 5 heteroatoms. The Balaban J connectivity index is 1.68. The Labute approximate surface area is 154 Å². The third-order valence-electron chi connectivity index (χ3n) is 4.92. The second-order valence-electron chi connectivity index (χ2n) is 6.97. The van der Waals surface area contributed by atoms with Crippen LogP contribution < -0.4 is 10.6 Å². The van der Waals surface area contributed by atoms with Gasteiger partial charge in [-0.25, -0.2) is 4.98 Å². The Morgan fingerprint density at radius 1 is 0.923 bits per heavy atom. The van der Waals surface area contributed by atoms with Gasteiger partial charge < -0.3 is 10.6 Å². The first-order valence-electron chi connectivity index (χ1n) is 9.19. The molecule has 3 rings (SSSR count). The van der Waals surface area contributed by atoms with Gasteiger partial charge >= 0.3 is 0 Å². The maximum atomic E-state index is 12.5. The number of nitrogens with one attached hydrogen (secondary N) is 2. The zero-order chi connectivity index (χ0) is 18.5. The highest BCUT2D eigenvalue weighted by Gasteiger charge is 2.18. The van der Waals surface area contributed by atoms with E-state index in [1.807, 2.05) is 32.0 Å². The lowest BCUT2D eigenvalue weighted by Crippen LogP contribution is -2.36. The number of hydrogen-bond acceptors (Lipinski definition) is 3. The predicted molar refractivity (Wildman–Crippen MR) is 102 cm³/mol. The molecule has 1 fully saturated rings. The van der Waals surface area contributed by atoms with E-state index in [0.717, 1.165) is 36.9 Å². The molecule has 136 valence electrons. The van der Waals surface area contributed by atoms with Gasteiger partial charge in [0.1, 0.15) is 11.4 Å². The van der Waals surface area contributed by atoms with Crippen LogP contribution in [0.25, 0.3) is 0 Å². The number of nitrogens with zero attached hydrogens (tertiary/aromatic N) is 1. The monoisotopic (exact) mass is 351 g/mol. The maximum absolute atomic E-state index is 12.5. The molecule has 1 aromatic heterocycles. The number of carbonyl (C=O) groups excluding carboxylic acids is 2. The average molecular weight is 351 g/mol. The van der Waals surface area contributed by atoms with Crippen molar-refractivity contribution in [2.75, 3.05) is 5.32 Å². The third kappa shape index (κ3) is 4.48. The van der Waals surface area contributed by atoms with Crippen molar-refractivity contribution in [1.29, 1.82) is 0 Å². The summed E-state index contributed by atoms with van der Waals surface area (Å²) in [6, 6.07) is 10.9. The second kappa shape index (κ2) is 8.13. The largest absolute Gasteiger partial charge is 0.348 e. The van der Waals surface area contributed by atoms with E-state index >= 15 is 0 Å². The van der Waals surface area contributed by atoms with Gasteiger partial charge in [0.2, 0.25) is 0 Å². The fourth-order valence-electron chi connectivity index (χ4n) is 3.21. The number of aromatic nitrogens is 1. The lowest BCUT2D eigenvalue weighted by Gasteiger charge is -2.22. The van der Waals surface area contributed by atoms with E-state index in [2.05, 4.69) is 15.6 Å². The van der Waals surface area contributed by atoms with Crippen LogP contribution in [-0.4, -0.2) is 22.8 Å². The quantitative estimate of drug-likeness (QED) is 0.874. The average Bonchev–Trinajstić information content (AvgIpc) is 2.65. The van der Waals surface area contributed by atoms with Gasteiger partial charge in [-0.05, 0) is 62.1 Å². The summed E-state index contributed by atoms with van der Waals surface area (Å²) in [5, 5.41) is 5.87. The summed E-state index contributed by atoms with van der Waals surface area (Å²) in [5.74, 6) is -0.529. The Kier molecular flexibility index (Phi) is 5.66. The number of rotatable bonds is 4. The highest BCUT2D eigenvalue weighted by atomic mass is 16.2. The summed E-state index contributed by atoms with van der Waals surface area (Å²) in [7, 11) is 0. The summed E-state index contributed by atoms with van der Waals surface area (Å²) in [4.78, 5) is 29.1. The number of pyridine rings is 1. The van der Waals surface area contributed by atoms with Gasteiger partial charge in [-0.15, -0.1) is 0 Å². The first kappa shape index (κ1) is 18.1. The van der Waals surface area contributed by atoms with Gasteiger partial charge in [0.15, 0.2) is 0 Å². The van der Waals surface area contributed by atoms with Gasteiger partial charge in [0.25, 0.3) is 11.8 Å². The minimum atomic E-state index is -0.319. The van der Waals surface area contributed by atoms with E-state index in [9.17, 15) is 9.59 Å². The molecule has 2 aromatic rings. The highest BCUT2D eigenvalue weighted by Crippen LogP contribution is 2.18. The van der Waals surface area contributed by atoms with E-state index in [-0.39, 0.29) is 29.2 Å². The van der Waals surface area contributed by atoms with E-state index in [4.69, 9.17) is 0 Å². The molecule has 1 saturated carbocycles. The van der Waals surface area contributed by atoms with Crippen LogP contribution in [0.3, 0.4) is 0 Å². The molecule has 0 bridgehead atoms. The molecule has 0 spiro atoms. The predicted octanol–water partition coefficient (Wildman–Crippen LogP) is 4.01. The number of hydrogen-bond donors (Lipinski definition) is 2. The summed E-state index contributed by atoms with van der Waals surface area (Å²) in [6.45, 7) is 4.02. The van der Waals surface area contributed by atoms with Crippen molar-refractivity contribution >= 4 is 17.5 Å². The van der Waals surface area contributed by atoms with Gasteiger partial charge in [0.05, 0.1) is 0 Å². The second-order valence-corrected chi connectivity index (χ2v) is 6.97. The minimum absolute atomic E-state index is 0.210. The number of aryl methyl sites for hydroxylation is 2. The Morgan fingerprint density at radius 2 is 1.62 bits per heavy atom. The molecule has 2 amide bonds. The Morgan fingerprint density at radius 3 is 2.31 bits per heavy atom. The Bertz CT molecular complexity index is 811. The van der Waals surface area contributed by atoms with Crippen LogP contribution in [0.15, 0.2) is 36.4 Å². The molecule has 1 aromatic carbocycles. The molecular weight excluding hydrogens is 326 g/mol. The molecule has 0 aliphatic heterocycles. The van der Waals surface area contributed by atoms with Gasteiger partial charge in [-0.3, -0.25) is 9.59 Å². The fourth-order valence-corrected chi connectivity index (χ4v) is 3.21.